The highest BCUT2D eigenvalue weighted by Crippen LogP contribution is 2.31. The van der Waals surface area contributed by atoms with Crippen molar-refractivity contribution in [3.05, 3.63) is 77.6 Å². The lowest BCUT2D eigenvalue weighted by Crippen LogP contribution is -2.43. The molecular formula is C26H23F3N4O2S. The molecule has 36 heavy (non-hydrogen) atoms. The molecular weight excluding hydrogens is 489 g/mol. The molecule has 4 aromatic rings. The summed E-state index contributed by atoms with van der Waals surface area (Å²) in [7, 11) is 1.55. The summed E-state index contributed by atoms with van der Waals surface area (Å²) >= 11 is 1.60. The Kier molecular flexibility index (Phi) is 7.37. The lowest BCUT2D eigenvalue weighted by Gasteiger charge is -2.23. The van der Waals surface area contributed by atoms with E-state index >= 15 is 0 Å². The Labute approximate surface area is 209 Å². The molecule has 0 saturated heterocycles. The number of benzene rings is 3. The summed E-state index contributed by atoms with van der Waals surface area (Å²) in [5.41, 5.74) is 3.13. The second kappa shape index (κ2) is 10.5. The number of thiazole rings is 1. The van der Waals surface area contributed by atoms with Crippen LogP contribution in [0.5, 0.6) is 0 Å². The predicted octanol–water partition coefficient (Wildman–Crippen LogP) is 5.59. The van der Waals surface area contributed by atoms with E-state index in [1.54, 1.807) is 37.4 Å². The number of nitrogens with one attached hydrogen (secondary N) is 2. The van der Waals surface area contributed by atoms with Gasteiger partial charge in [-0.3, -0.25) is 14.5 Å². The Morgan fingerprint density at radius 3 is 2.44 bits per heavy atom. The molecule has 0 fully saturated rings. The van der Waals surface area contributed by atoms with Gasteiger partial charge < -0.3 is 10.6 Å². The van der Waals surface area contributed by atoms with E-state index in [9.17, 15) is 22.8 Å². The third-order valence-electron chi connectivity index (χ3n) is 5.69. The molecule has 0 bridgehead atoms. The van der Waals surface area contributed by atoms with Crippen LogP contribution in [0.2, 0.25) is 0 Å². The Morgan fingerprint density at radius 1 is 1.00 bits per heavy atom. The lowest BCUT2D eigenvalue weighted by molar-refractivity contribution is -0.122. The highest BCUT2D eigenvalue weighted by atomic mass is 32.1. The molecule has 3 aromatic carbocycles. The Bertz CT molecular complexity index is 1440. The maximum atomic E-state index is 13.8. The fourth-order valence-corrected chi connectivity index (χ4v) is 4.54. The van der Waals surface area contributed by atoms with Crippen LogP contribution in [0.25, 0.3) is 20.8 Å². The van der Waals surface area contributed by atoms with Crippen LogP contribution in [0, 0.1) is 24.4 Å². The number of anilines is 2. The maximum absolute atomic E-state index is 13.8. The smallest absolute Gasteiger partial charge is 0.241 e. The highest BCUT2D eigenvalue weighted by molar-refractivity contribution is 7.21. The average molecular weight is 513 g/mol. The molecule has 0 aliphatic carbocycles. The molecule has 0 radical (unpaired) electrons. The van der Waals surface area contributed by atoms with Gasteiger partial charge in [-0.15, -0.1) is 11.3 Å². The van der Waals surface area contributed by atoms with Crippen molar-refractivity contribution in [2.45, 2.75) is 19.9 Å². The Balaban J connectivity index is 1.35. The summed E-state index contributed by atoms with van der Waals surface area (Å²) in [5, 5.41) is 5.87. The van der Waals surface area contributed by atoms with E-state index < -0.39 is 35.1 Å². The average Bonchev–Trinajstić information content (AvgIpc) is 3.27. The molecule has 4 rings (SSSR count). The quantitative estimate of drug-likeness (QED) is 0.317. The number of aromatic nitrogens is 1. The standard InChI is InChI=1S/C26H23F3N4O2S/c1-14-4-10-19-21(12-14)36-26(32-19)16-5-7-17(8-6-16)30-25(35)15(2)33(3)13-22(34)31-20-11-9-18(27)23(28)24(20)29/h4-12,15H,13H2,1-3H3,(H,30,35)(H,31,34)/t15-/m0/s1. The third-order valence-corrected chi connectivity index (χ3v) is 6.75. The van der Waals surface area contributed by atoms with E-state index in [0.717, 1.165) is 32.9 Å². The molecule has 0 unspecified atom stereocenters. The van der Waals surface area contributed by atoms with Crippen molar-refractivity contribution in [3.8, 4) is 10.6 Å². The van der Waals surface area contributed by atoms with Gasteiger partial charge in [-0.25, -0.2) is 18.2 Å². The minimum absolute atomic E-state index is 0.275. The van der Waals surface area contributed by atoms with E-state index in [0.29, 0.717) is 5.69 Å². The zero-order valence-corrected chi connectivity index (χ0v) is 20.6. The first-order valence-corrected chi connectivity index (χ1v) is 11.9. The van der Waals surface area contributed by atoms with E-state index in [1.807, 2.05) is 31.2 Å². The molecule has 1 aromatic heterocycles. The van der Waals surface area contributed by atoms with Gasteiger partial charge in [0.2, 0.25) is 11.8 Å². The van der Waals surface area contributed by atoms with Crippen LogP contribution in [-0.4, -0.2) is 41.3 Å². The first-order valence-electron chi connectivity index (χ1n) is 11.0. The minimum Gasteiger partial charge on any atom is -0.325 e. The summed E-state index contributed by atoms with van der Waals surface area (Å²) in [6.07, 6.45) is 0. The van der Waals surface area contributed by atoms with Crippen LogP contribution in [0.4, 0.5) is 24.5 Å². The maximum Gasteiger partial charge on any atom is 0.241 e. The van der Waals surface area contributed by atoms with Gasteiger partial charge in [0.1, 0.15) is 5.01 Å². The van der Waals surface area contributed by atoms with Gasteiger partial charge in [0, 0.05) is 11.3 Å². The molecule has 1 heterocycles. The molecule has 10 heteroatoms. The molecule has 0 aliphatic rings. The van der Waals surface area contributed by atoms with Crippen molar-refractivity contribution in [2.75, 3.05) is 24.2 Å². The summed E-state index contributed by atoms with van der Waals surface area (Å²) in [6, 6.07) is 14.3. The van der Waals surface area contributed by atoms with Crippen LogP contribution in [-0.2, 0) is 9.59 Å². The van der Waals surface area contributed by atoms with Gasteiger partial charge in [0.05, 0.1) is 28.5 Å². The summed E-state index contributed by atoms with van der Waals surface area (Å²) in [4.78, 5) is 31.0. The zero-order chi connectivity index (χ0) is 26.0. The fraction of sp³-hybridized carbons (Fsp3) is 0.192. The molecule has 6 nitrogen and oxygen atoms in total. The van der Waals surface area contributed by atoms with Crippen LogP contribution in [0.1, 0.15) is 12.5 Å². The molecule has 2 N–H and O–H groups in total. The van der Waals surface area contributed by atoms with E-state index in [2.05, 4.69) is 21.7 Å². The van der Waals surface area contributed by atoms with Crippen molar-refractivity contribution < 1.29 is 22.8 Å². The SMILES string of the molecule is Cc1ccc2nc(-c3ccc(NC(=O)[C@H](C)N(C)CC(=O)Nc4ccc(F)c(F)c4F)cc3)sc2c1. The summed E-state index contributed by atoms with van der Waals surface area (Å²) in [6.45, 7) is 3.37. The first-order chi connectivity index (χ1) is 17.1. The molecule has 2 amide bonds. The van der Waals surface area contributed by atoms with Gasteiger partial charge in [-0.2, -0.15) is 0 Å². The Morgan fingerprint density at radius 2 is 1.72 bits per heavy atom. The highest BCUT2D eigenvalue weighted by Gasteiger charge is 2.22. The summed E-state index contributed by atoms with van der Waals surface area (Å²) < 4.78 is 41.3. The van der Waals surface area contributed by atoms with Crippen molar-refractivity contribution in [1.82, 2.24) is 9.88 Å². The predicted molar refractivity (Wildman–Crippen MR) is 135 cm³/mol. The number of rotatable bonds is 7. The van der Waals surface area contributed by atoms with Crippen LogP contribution >= 0.6 is 11.3 Å². The molecule has 0 aliphatic heterocycles. The topological polar surface area (TPSA) is 74.3 Å². The van der Waals surface area contributed by atoms with E-state index in [4.69, 9.17) is 0 Å². The number of halogens is 3. The monoisotopic (exact) mass is 512 g/mol. The Hall–Kier alpha value is -3.76. The molecule has 0 saturated carbocycles. The zero-order valence-electron chi connectivity index (χ0n) is 19.7. The molecule has 0 spiro atoms. The summed E-state index contributed by atoms with van der Waals surface area (Å²) in [5.74, 6) is -5.54. The van der Waals surface area contributed by atoms with Crippen molar-refractivity contribution in [3.63, 3.8) is 0 Å². The number of aryl methyl sites for hydroxylation is 1. The van der Waals surface area contributed by atoms with Gasteiger partial charge in [-0.05, 0) is 75.0 Å². The largest absolute Gasteiger partial charge is 0.325 e. The second-order valence-corrected chi connectivity index (χ2v) is 9.45. The van der Waals surface area contributed by atoms with Crippen LogP contribution in [0.3, 0.4) is 0 Å². The second-order valence-electron chi connectivity index (χ2n) is 8.42. The third kappa shape index (κ3) is 5.55. The minimum atomic E-state index is -1.67. The van der Waals surface area contributed by atoms with Crippen molar-refractivity contribution >= 4 is 44.7 Å². The number of fused-ring (bicyclic) bond motifs is 1. The van der Waals surface area contributed by atoms with Gasteiger partial charge in [-0.1, -0.05) is 6.07 Å². The number of carbonyl (C=O) groups is 2. The first kappa shape index (κ1) is 25.3. The van der Waals surface area contributed by atoms with E-state index in [-0.39, 0.29) is 12.5 Å². The van der Waals surface area contributed by atoms with Gasteiger partial charge >= 0.3 is 0 Å². The van der Waals surface area contributed by atoms with Gasteiger partial charge in [0.15, 0.2) is 17.5 Å². The number of hydrogen-bond acceptors (Lipinski definition) is 5. The molecule has 1 atom stereocenters. The fourth-order valence-electron chi connectivity index (χ4n) is 3.47. The van der Waals surface area contributed by atoms with Gasteiger partial charge in [0.25, 0.3) is 0 Å². The number of hydrogen-bond donors (Lipinski definition) is 2. The normalized spacial score (nSPS) is 12.1. The molecule has 186 valence electrons. The number of nitrogens with zero attached hydrogens (tertiary/aromatic N) is 2. The van der Waals surface area contributed by atoms with Crippen molar-refractivity contribution in [1.29, 1.82) is 0 Å². The van der Waals surface area contributed by atoms with Crippen LogP contribution in [0.15, 0.2) is 54.6 Å². The van der Waals surface area contributed by atoms with E-state index in [1.165, 1.54) is 10.5 Å². The van der Waals surface area contributed by atoms with Crippen molar-refractivity contribution in [2.24, 2.45) is 0 Å². The lowest BCUT2D eigenvalue weighted by atomic mass is 10.2. The number of likely N-dealkylation sites (N-methyl/N-ethyl adjacent to an activating group) is 1. The van der Waals surface area contributed by atoms with Crippen LogP contribution < -0.4 is 10.6 Å². The number of carbonyl (C=O) groups excluding carboxylic acids is 2. The number of amides is 2.